The van der Waals surface area contributed by atoms with E-state index in [4.69, 9.17) is 16.6 Å². The number of halogens is 1. The van der Waals surface area contributed by atoms with Crippen molar-refractivity contribution in [2.24, 2.45) is 4.99 Å². The number of hydrogen-bond acceptors (Lipinski definition) is 10. The zero-order chi connectivity index (χ0) is 39.4. The highest BCUT2D eigenvalue weighted by atomic mass is 35.5. The Morgan fingerprint density at radius 1 is 0.982 bits per heavy atom. The minimum Gasteiger partial charge on any atom is -0.369 e. The first-order chi connectivity index (χ1) is 27.6. The fourth-order valence-corrected chi connectivity index (χ4v) is 9.66. The number of rotatable bonds is 7. The number of piperazine rings is 1. The van der Waals surface area contributed by atoms with E-state index in [9.17, 15) is 14.4 Å². The van der Waals surface area contributed by atoms with Crippen molar-refractivity contribution in [2.45, 2.75) is 65.2 Å². The number of piperidine rings is 1. The lowest BCUT2D eigenvalue weighted by molar-refractivity contribution is -0.136. The Bertz CT molecular complexity index is 2520. The fraction of sp³-hybridized carbons (Fsp3) is 0.357. The summed E-state index contributed by atoms with van der Waals surface area (Å²) in [7, 11) is 0. The van der Waals surface area contributed by atoms with Gasteiger partial charge in [0, 0.05) is 91.4 Å². The Kier molecular flexibility index (Phi) is 9.76. The third kappa shape index (κ3) is 6.94. The van der Waals surface area contributed by atoms with E-state index >= 15 is 0 Å². The highest BCUT2D eigenvalue weighted by Crippen LogP contribution is 2.39. The summed E-state index contributed by atoms with van der Waals surface area (Å²) in [4.78, 5) is 50.1. The molecule has 2 aromatic carbocycles. The molecule has 0 bridgehead atoms. The van der Waals surface area contributed by atoms with Gasteiger partial charge >= 0.3 is 0 Å². The largest absolute Gasteiger partial charge is 0.369 e. The standard InChI is InChI=1S/C42H41ClN10O3S/c1-25-35(57-42-37(25)38(29-9-11-30(43)12-10-29)45-26(2)39-48-47-27(3)53(39)42)14-8-28-22-44-51(23-28)17-5-16-49-18-20-50(21-19-49)33-7-4-6-31-32(33)24-52(41(31)56)34-13-15-36(54)46-40(34)55/h4,6-7,9-12,22-23,26,34H,5,13,15-21,24H2,1-3H3,(H,46,54,55)/t26-,34?/m0/s1. The topological polar surface area (TPSA) is 134 Å². The number of imide groups is 1. The first kappa shape index (κ1) is 37.0. The molecule has 1 N–H and O–H groups in total. The number of carbonyl (C=O) groups excluding carboxylic acids is 3. The average molecular weight is 801 g/mol. The molecule has 0 spiro atoms. The second kappa shape index (κ2) is 15.0. The molecule has 2 saturated heterocycles. The smallest absolute Gasteiger partial charge is 0.255 e. The number of aromatic nitrogens is 5. The third-order valence-electron chi connectivity index (χ3n) is 11.3. The van der Waals surface area contributed by atoms with Crippen molar-refractivity contribution in [1.29, 1.82) is 0 Å². The summed E-state index contributed by atoms with van der Waals surface area (Å²) in [6.45, 7) is 11.7. The molecule has 15 heteroatoms. The van der Waals surface area contributed by atoms with E-state index in [1.807, 2.05) is 67.3 Å². The molecule has 290 valence electrons. The van der Waals surface area contributed by atoms with Gasteiger partial charge in [0.15, 0.2) is 5.82 Å². The Morgan fingerprint density at radius 2 is 1.79 bits per heavy atom. The number of thiophene rings is 1. The summed E-state index contributed by atoms with van der Waals surface area (Å²) >= 11 is 7.88. The molecule has 1 unspecified atom stereocenters. The van der Waals surface area contributed by atoms with E-state index in [1.165, 1.54) is 0 Å². The second-order valence-corrected chi connectivity index (χ2v) is 16.4. The zero-order valence-electron chi connectivity index (χ0n) is 32.0. The summed E-state index contributed by atoms with van der Waals surface area (Å²) in [5.74, 6) is 7.61. The zero-order valence-corrected chi connectivity index (χ0v) is 33.5. The normalized spacial score (nSPS) is 19.4. The minimum atomic E-state index is -0.617. The molecule has 57 heavy (non-hydrogen) atoms. The summed E-state index contributed by atoms with van der Waals surface area (Å²) in [6, 6.07) is 12.9. The van der Waals surface area contributed by atoms with Crippen molar-refractivity contribution < 1.29 is 14.4 Å². The SMILES string of the molecule is Cc1c(C#Cc2cnn(CCCN3CCN(c4cccc5c4CN(C4CCC(=O)NC4=O)C5=O)CC3)c2)sc2c1C(c1ccc(Cl)cc1)=N[C@@H](C)c1nnc(C)n1-2. The van der Waals surface area contributed by atoms with Gasteiger partial charge in [0.2, 0.25) is 11.8 Å². The number of carbonyl (C=O) groups is 3. The molecular weight excluding hydrogens is 760 g/mol. The quantitative estimate of drug-likeness (QED) is 0.178. The minimum absolute atomic E-state index is 0.140. The maximum atomic E-state index is 13.3. The summed E-state index contributed by atoms with van der Waals surface area (Å²) in [5, 5.41) is 17.6. The number of anilines is 1. The molecule has 2 fully saturated rings. The first-order valence-corrected chi connectivity index (χ1v) is 20.5. The fourth-order valence-electron chi connectivity index (χ4n) is 8.31. The monoisotopic (exact) mass is 800 g/mol. The second-order valence-electron chi connectivity index (χ2n) is 15.0. The van der Waals surface area contributed by atoms with Crippen LogP contribution in [0.4, 0.5) is 5.69 Å². The molecule has 3 amide bonds. The number of benzene rings is 2. The van der Waals surface area contributed by atoms with E-state index in [-0.39, 0.29) is 30.2 Å². The lowest BCUT2D eigenvalue weighted by atomic mass is 9.99. The summed E-state index contributed by atoms with van der Waals surface area (Å²) in [5.41, 5.74) is 7.52. The van der Waals surface area contributed by atoms with Crippen molar-refractivity contribution in [2.75, 3.05) is 37.6 Å². The van der Waals surface area contributed by atoms with Crippen LogP contribution in [0.5, 0.6) is 0 Å². The van der Waals surface area contributed by atoms with Gasteiger partial charge in [0.05, 0.1) is 22.3 Å². The van der Waals surface area contributed by atoms with Crippen molar-refractivity contribution >= 4 is 52.1 Å². The van der Waals surface area contributed by atoms with E-state index in [0.29, 0.717) is 23.6 Å². The van der Waals surface area contributed by atoms with Crippen LogP contribution in [0.25, 0.3) is 5.00 Å². The molecule has 0 saturated carbocycles. The van der Waals surface area contributed by atoms with Gasteiger partial charge in [-0.2, -0.15) is 5.10 Å². The van der Waals surface area contributed by atoms with Gasteiger partial charge in [-0.1, -0.05) is 41.6 Å². The lowest BCUT2D eigenvalue weighted by Crippen LogP contribution is -2.52. The van der Waals surface area contributed by atoms with E-state index in [1.54, 1.807) is 16.2 Å². The van der Waals surface area contributed by atoms with Crippen LogP contribution in [0.3, 0.4) is 0 Å². The first-order valence-electron chi connectivity index (χ1n) is 19.3. The predicted molar refractivity (Wildman–Crippen MR) is 218 cm³/mol. The molecule has 2 atom stereocenters. The molecule has 4 aliphatic rings. The van der Waals surface area contributed by atoms with Gasteiger partial charge in [-0.15, -0.1) is 21.5 Å². The predicted octanol–water partition coefficient (Wildman–Crippen LogP) is 5.08. The Labute approximate surface area is 339 Å². The number of hydrogen-bond donors (Lipinski definition) is 1. The average Bonchev–Trinajstić information content (AvgIpc) is 3.97. The number of nitrogens with one attached hydrogen (secondary N) is 1. The van der Waals surface area contributed by atoms with Gasteiger partial charge in [-0.25, -0.2) is 0 Å². The maximum absolute atomic E-state index is 13.3. The van der Waals surface area contributed by atoms with Crippen molar-refractivity contribution in [3.05, 3.63) is 110 Å². The summed E-state index contributed by atoms with van der Waals surface area (Å²) in [6.07, 6.45) is 5.39. The number of fused-ring (bicyclic) bond motifs is 4. The van der Waals surface area contributed by atoms with Crippen LogP contribution in [0.1, 0.15) is 86.9 Å². The highest BCUT2D eigenvalue weighted by Gasteiger charge is 2.40. The summed E-state index contributed by atoms with van der Waals surface area (Å²) < 4.78 is 4.08. The third-order valence-corrected chi connectivity index (χ3v) is 12.8. The van der Waals surface area contributed by atoms with Crippen LogP contribution >= 0.6 is 22.9 Å². The van der Waals surface area contributed by atoms with E-state index in [2.05, 4.69) is 59.8 Å². The Morgan fingerprint density at radius 3 is 2.58 bits per heavy atom. The molecule has 7 heterocycles. The number of nitrogens with zero attached hydrogens (tertiary/aromatic N) is 9. The van der Waals surface area contributed by atoms with Gasteiger partial charge in [0.1, 0.15) is 22.9 Å². The van der Waals surface area contributed by atoms with E-state index in [0.717, 1.165) is 106 Å². The number of aliphatic imine (C=N–C) groups is 1. The van der Waals surface area contributed by atoms with Gasteiger partial charge in [-0.05, 0) is 63.4 Å². The Hall–Kier alpha value is -5.62. The van der Waals surface area contributed by atoms with Gasteiger partial charge < -0.3 is 9.80 Å². The van der Waals surface area contributed by atoms with Gasteiger partial charge in [0.25, 0.3) is 5.91 Å². The van der Waals surface area contributed by atoms with Crippen molar-refractivity contribution in [1.82, 2.24) is 39.7 Å². The number of aryl methyl sites for hydroxylation is 2. The van der Waals surface area contributed by atoms with Crippen LogP contribution in [-0.2, 0) is 22.7 Å². The van der Waals surface area contributed by atoms with Crippen LogP contribution in [-0.4, -0.2) is 96.5 Å². The molecule has 4 aliphatic heterocycles. The van der Waals surface area contributed by atoms with Crippen LogP contribution in [0.15, 0.2) is 59.9 Å². The van der Waals surface area contributed by atoms with Crippen LogP contribution in [0.2, 0.25) is 5.02 Å². The number of amides is 3. The molecule has 0 radical (unpaired) electrons. The molecule has 9 rings (SSSR count). The molecule has 3 aromatic heterocycles. The molecule has 5 aromatic rings. The molecule has 13 nitrogen and oxygen atoms in total. The van der Waals surface area contributed by atoms with Crippen LogP contribution < -0.4 is 10.2 Å². The maximum Gasteiger partial charge on any atom is 0.255 e. The van der Waals surface area contributed by atoms with Crippen molar-refractivity contribution in [3.63, 3.8) is 0 Å². The molecular formula is C42H41ClN10O3S. The van der Waals surface area contributed by atoms with E-state index < -0.39 is 6.04 Å². The van der Waals surface area contributed by atoms with Gasteiger partial charge in [-0.3, -0.25) is 38.8 Å². The lowest BCUT2D eigenvalue weighted by Gasteiger charge is -2.37. The van der Waals surface area contributed by atoms with Crippen molar-refractivity contribution in [3.8, 4) is 16.8 Å². The van der Waals surface area contributed by atoms with Crippen LogP contribution in [0, 0.1) is 25.7 Å². The molecule has 0 aliphatic carbocycles. The highest BCUT2D eigenvalue weighted by molar-refractivity contribution is 7.15. The Balaban J connectivity index is 0.827.